The molecule has 16 nitrogen and oxygen atoms in total. The predicted molar refractivity (Wildman–Crippen MR) is 244 cm³/mol. The van der Waals surface area contributed by atoms with E-state index in [1.54, 1.807) is 32.0 Å². The number of hydrogen-bond donors (Lipinski definition) is 3. The van der Waals surface area contributed by atoms with Crippen LogP contribution in [0.4, 0.5) is 34.6 Å². The Morgan fingerprint density at radius 1 is 0.714 bits per heavy atom. The van der Waals surface area contributed by atoms with Crippen molar-refractivity contribution in [3.05, 3.63) is 148 Å². The second-order valence-electron chi connectivity index (χ2n) is 16.7. The maximum atomic E-state index is 16.6. The SMILES string of the molecule is COc1cccc(N2CCN(C3=Nc4c(F)cccc4C([C@@](C)(C(=O)O)[C@@](OC(=O)c4ccc(C)cc4)(C(=O)O)[C@H](OC(=O)c4ccc(C)cc4)C(=O)O)N3c3cc(C(F)(F)F)ccc3OC)CC2)c1. The van der Waals surface area contributed by atoms with E-state index in [0.29, 0.717) is 35.9 Å². The van der Waals surface area contributed by atoms with Crippen LogP contribution in [0.25, 0.3) is 0 Å². The lowest BCUT2D eigenvalue weighted by atomic mass is 9.62. The van der Waals surface area contributed by atoms with Gasteiger partial charge < -0.3 is 44.1 Å². The van der Waals surface area contributed by atoms with Crippen molar-refractivity contribution >= 4 is 52.9 Å². The minimum atomic E-state index is -5.07. The molecule has 0 aliphatic carbocycles. The topological polar surface area (TPSA) is 205 Å². The van der Waals surface area contributed by atoms with E-state index in [2.05, 4.69) is 4.99 Å². The van der Waals surface area contributed by atoms with Crippen LogP contribution in [0.5, 0.6) is 11.5 Å². The number of hydrogen-bond acceptors (Lipinski definition) is 13. The number of aliphatic carboxylic acids is 3. The van der Waals surface area contributed by atoms with E-state index in [1.165, 1.54) is 60.5 Å². The molecule has 0 spiro atoms. The highest BCUT2D eigenvalue weighted by molar-refractivity contribution is 6.06. The molecule has 3 N–H and O–H groups in total. The summed E-state index contributed by atoms with van der Waals surface area (Å²) in [6, 6.07) is 20.5. The zero-order chi connectivity index (χ0) is 50.9. The Morgan fingerprint density at radius 2 is 1.30 bits per heavy atom. The molecule has 5 aromatic carbocycles. The van der Waals surface area contributed by atoms with Gasteiger partial charge in [0.2, 0.25) is 12.1 Å². The average molecular weight is 971 g/mol. The number of nitrogens with zero attached hydrogens (tertiary/aromatic N) is 4. The zero-order valence-electron chi connectivity index (χ0n) is 38.2. The van der Waals surface area contributed by atoms with E-state index in [9.17, 15) is 52.5 Å². The molecule has 1 saturated heterocycles. The maximum Gasteiger partial charge on any atom is 0.416 e. The van der Waals surface area contributed by atoms with Gasteiger partial charge in [0.15, 0.2) is 0 Å². The molecule has 1 unspecified atom stereocenters. The molecule has 0 aromatic heterocycles. The Bertz CT molecular complexity index is 2870. The van der Waals surface area contributed by atoms with Crippen LogP contribution in [0.2, 0.25) is 0 Å². The average Bonchev–Trinajstić information content (AvgIpc) is 3.34. The van der Waals surface area contributed by atoms with Crippen LogP contribution in [0.15, 0.2) is 114 Å². The molecule has 1 fully saturated rings. The van der Waals surface area contributed by atoms with Crippen LogP contribution in [-0.2, 0) is 30.0 Å². The number of carboxylic acids is 3. The number of carboxylic acid groups (broad SMARTS) is 3. The summed E-state index contributed by atoms with van der Waals surface area (Å²) in [7, 11) is 2.58. The summed E-state index contributed by atoms with van der Waals surface area (Å²) in [5.74, 6) is -11.6. The van der Waals surface area contributed by atoms with Gasteiger partial charge in [-0.05, 0) is 81.4 Å². The van der Waals surface area contributed by atoms with Gasteiger partial charge in [-0.1, -0.05) is 53.6 Å². The number of halogens is 4. The molecule has 2 aliphatic heterocycles. The number of piperazine rings is 1. The van der Waals surface area contributed by atoms with Gasteiger partial charge in [0.25, 0.3) is 5.60 Å². The number of carbonyl (C=O) groups excluding carboxylic acids is 2. The first-order valence-corrected chi connectivity index (χ1v) is 21.5. The lowest BCUT2D eigenvalue weighted by molar-refractivity contribution is -0.214. The van der Waals surface area contributed by atoms with Gasteiger partial charge in [-0.15, -0.1) is 0 Å². The number of fused-ring (bicyclic) bond motifs is 1. The number of alkyl halides is 3. The second kappa shape index (κ2) is 19.4. The normalized spacial score (nSPS) is 16.9. The minimum absolute atomic E-state index is 0.0352. The third kappa shape index (κ3) is 9.11. The minimum Gasteiger partial charge on any atom is -0.497 e. The van der Waals surface area contributed by atoms with Gasteiger partial charge in [0.1, 0.15) is 28.4 Å². The molecule has 70 heavy (non-hydrogen) atoms. The van der Waals surface area contributed by atoms with Crippen LogP contribution in [-0.4, -0.2) is 108 Å². The van der Waals surface area contributed by atoms with Crippen LogP contribution in [0.1, 0.15) is 55.9 Å². The zero-order valence-corrected chi connectivity index (χ0v) is 38.2. The Kier molecular flexibility index (Phi) is 13.8. The van der Waals surface area contributed by atoms with Crippen LogP contribution < -0.4 is 19.3 Å². The molecular weight excluding hydrogens is 925 g/mol. The highest BCUT2D eigenvalue weighted by Gasteiger charge is 2.75. The molecule has 2 heterocycles. The Morgan fingerprint density at radius 3 is 1.84 bits per heavy atom. The molecule has 20 heteroatoms. The van der Waals surface area contributed by atoms with Crippen molar-refractivity contribution < 1.29 is 75.8 Å². The Balaban J connectivity index is 1.55. The Hall–Kier alpha value is -8.16. The van der Waals surface area contributed by atoms with Crippen molar-refractivity contribution in [2.75, 3.05) is 50.2 Å². The monoisotopic (exact) mass is 970 g/mol. The van der Waals surface area contributed by atoms with Gasteiger partial charge >= 0.3 is 36.0 Å². The summed E-state index contributed by atoms with van der Waals surface area (Å²) in [5.41, 5.74) is -9.54. The molecular formula is C50H46F4N4O12. The predicted octanol–water partition coefficient (Wildman–Crippen LogP) is 7.93. The van der Waals surface area contributed by atoms with Gasteiger partial charge in [-0.25, -0.2) is 28.6 Å². The highest BCUT2D eigenvalue weighted by Crippen LogP contribution is 2.57. The number of benzene rings is 5. The van der Waals surface area contributed by atoms with Gasteiger partial charge in [0, 0.05) is 43.5 Å². The smallest absolute Gasteiger partial charge is 0.416 e. The molecule has 7 rings (SSSR count). The number of para-hydroxylation sites is 1. The molecule has 4 atom stereocenters. The van der Waals surface area contributed by atoms with Crippen molar-refractivity contribution in [1.82, 2.24) is 4.90 Å². The highest BCUT2D eigenvalue weighted by atomic mass is 19.4. The third-order valence-electron chi connectivity index (χ3n) is 12.5. The quantitative estimate of drug-likeness (QED) is 0.0714. The largest absolute Gasteiger partial charge is 0.497 e. The van der Waals surface area contributed by atoms with Crippen molar-refractivity contribution in [3.8, 4) is 11.5 Å². The van der Waals surface area contributed by atoms with Crippen LogP contribution in [0.3, 0.4) is 0 Å². The number of carbonyl (C=O) groups is 5. The van der Waals surface area contributed by atoms with E-state index in [4.69, 9.17) is 18.9 Å². The second-order valence-corrected chi connectivity index (χ2v) is 16.7. The standard InChI is InChI=1S/C50H46F4N4O12/c1-28-12-16-30(17-13-28)43(61)69-41(42(59)60)49(46(65)66,70-44(62)31-18-14-29(2)15-19-31)48(3,45(63)64)40-35-10-7-11-36(51)39(35)55-47(58(40)37-26-32(50(52,53)54)20-21-38(37)68-5)57-24-22-56(23-25-57)33-8-6-9-34(27-33)67-4/h6-21,26-27,40-41H,22-25H2,1-5H3,(H,59,60)(H,63,64)(H,65,66)/t40?,41-,48+,49+/m1/s1. The molecule has 0 amide bonds. The summed E-state index contributed by atoms with van der Waals surface area (Å²) in [6.45, 7) is 4.26. The number of esters is 2. The first-order chi connectivity index (χ1) is 33.2. The van der Waals surface area contributed by atoms with Gasteiger partial charge in [-0.2, -0.15) is 13.2 Å². The number of aryl methyl sites for hydroxylation is 2. The van der Waals surface area contributed by atoms with Crippen molar-refractivity contribution in [3.63, 3.8) is 0 Å². The van der Waals surface area contributed by atoms with Crippen molar-refractivity contribution in [2.45, 2.75) is 44.7 Å². The van der Waals surface area contributed by atoms with E-state index >= 15 is 4.39 Å². The molecule has 366 valence electrons. The summed E-state index contributed by atoms with van der Waals surface area (Å²) < 4.78 is 83.4. The number of ether oxygens (including phenoxy) is 4. The number of rotatable bonds is 14. The van der Waals surface area contributed by atoms with E-state index in [1.807, 2.05) is 11.0 Å². The fraction of sp³-hybridized carbons (Fsp3) is 0.280. The first kappa shape index (κ1) is 49.7. The van der Waals surface area contributed by atoms with Crippen LogP contribution in [0, 0.1) is 25.1 Å². The summed E-state index contributed by atoms with van der Waals surface area (Å²) >= 11 is 0. The van der Waals surface area contributed by atoms with Gasteiger partial charge in [0.05, 0.1) is 42.6 Å². The molecule has 0 radical (unpaired) electrons. The number of guanidine groups is 1. The lowest BCUT2D eigenvalue weighted by Crippen LogP contribution is -2.72. The van der Waals surface area contributed by atoms with E-state index in [0.717, 1.165) is 42.0 Å². The Labute approximate surface area is 397 Å². The van der Waals surface area contributed by atoms with E-state index in [-0.39, 0.29) is 37.5 Å². The van der Waals surface area contributed by atoms with Crippen molar-refractivity contribution in [2.24, 2.45) is 10.4 Å². The molecule has 2 aliphatic rings. The maximum absolute atomic E-state index is 16.6. The van der Waals surface area contributed by atoms with Crippen LogP contribution >= 0.6 is 0 Å². The number of methoxy groups -OCH3 is 2. The molecule has 5 aromatic rings. The molecule has 0 saturated carbocycles. The van der Waals surface area contributed by atoms with Crippen molar-refractivity contribution in [1.29, 1.82) is 0 Å². The fourth-order valence-electron chi connectivity index (χ4n) is 8.70. The molecule has 0 bridgehead atoms. The summed E-state index contributed by atoms with van der Waals surface area (Å²) in [6.07, 6.45) is -8.34. The van der Waals surface area contributed by atoms with Gasteiger partial charge in [-0.3, -0.25) is 9.69 Å². The number of anilines is 2. The number of aliphatic imine (C=N–C) groups is 1. The first-order valence-electron chi connectivity index (χ1n) is 21.5. The fourth-order valence-corrected chi connectivity index (χ4v) is 8.70. The summed E-state index contributed by atoms with van der Waals surface area (Å²) in [4.78, 5) is 80.5. The van der Waals surface area contributed by atoms with E-state index < -0.39 is 99.0 Å². The summed E-state index contributed by atoms with van der Waals surface area (Å²) in [5, 5.41) is 34.7. The third-order valence-corrected chi connectivity index (χ3v) is 12.5. The lowest BCUT2D eigenvalue weighted by Gasteiger charge is -2.53.